The lowest BCUT2D eigenvalue weighted by Crippen LogP contribution is -2.25. The van der Waals surface area contributed by atoms with Gasteiger partial charge >= 0.3 is 0 Å². The summed E-state index contributed by atoms with van der Waals surface area (Å²) >= 11 is 0. The molecule has 0 aliphatic rings. The minimum absolute atomic E-state index is 0.202. The Morgan fingerprint density at radius 1 is 1.47 bits per heavy atom. The molecule has 1 aromatic heterocycles. The highest BCUT2D eigenvalue weighted by Crippen LogP contribution is 2.18. The number of hydrogen-bond acceptors (Lipinski definition) is 4. The zero-order valence-electron chi connectivity index (χ0n) is 10.5. The third kappa shape index (κ3) is 4.28. The normalized spacial score (nSPS) is 11.6. The molecule has 1 rings (SSSR count). The Bertz CT molecular complexity index is 370. The van der Waals surface area contributed by atoms with Crippen molar-refractivity contribution in [2.45, 2.75) is 32.4 Å². The van der Waals surface area contributed by atoms with Crippen molar-refractivity contribution in [3.8, 4) is 5.88 Å². The molecule has 0 atom stereocenters. The first-order chi connectivity index (χ1) is 7.98. The molecule has 1 heterocycles. The number of halogens is 1. The SMILES string of the molecule is COC(C)(C)CCOc1ncc(F)cc1CN. The summed E-state index contributed by atoms with van der Waals surface area (Å²) in [5.74, 6) is -0.0178. The summed E-state index contributed by atoms with van der Waals surface area (Å²) in [5, 5.41) is 0. The Labute approximate surface area is 101 Å². The maximum atomic E-state index is 12.9. The number of hydrogen-bond donors (Lipinski definition) is 1. The van der Waals surface area contributed by atoms with Crippen LogP contribution < -0.4 is 10.5 Å². The van der Waals surface area contributed by atoms with Gasteiger partial charge in [0, 0.05) is 25.6 Å². The van der Waals surface area contributed by atoms with Gasteiger partial charge in [-0.2, -0.15) is 0 Å². The van der Waals surface area contributed by atoms with Crippen LogP contribution in [0, 0.1) is 5.82 Å². The van der Waals surface area contributed by atoms with Crippen LogP contribution in [0.2, 0.25) is 0 Å². The van der Waals surface area contributed by atoms with E-state index in [1.54, 1.807) is 7.11 Å². The fourth-order valence-corrected chi connectivity index (χ4v) is 1.24. The lowest BCUT2D eigenvalue weighted by Gasteiger charge is -2.22. The number of rotatable bonds is 6. The molecule has 0 aliphatic heterocycles. The van der Waals surface area contributed by atoms with E-state index in [0.717, 1.165) is 6.20 Å². The van der Waals surface area contributed by atoms with Crippen LogP contribution >= 0.6 is 0 Å². The van der Waals surface area contributed by atoms with Crippen molar-refractivity contribution < 1.29 is 13.9 Å². The van der Waals surface area contributed by atoms with Gasteiger partial charge in [0.05, 0.1) is 18.4 Å². The van der Waals surface area contributed by atoms with Crippen molar-refractivity contribution in [1.82, 2.24) is 4.98 Å². The molecule has 96 valence electrons. The van der Waals surface area contributed by atoms with Crippen molar-refractivity contribution in [3.05, 3.63) is 23.6 Å². The molecule has 0 bridgehead atoms. The average molecular weight is 242 g/mol. The van der Waals surface area contributed by atoms with Crippen LogP contribution in [-0.4, -0.2) is 24.3 Å². The zero-order valence-corrected chi connectivity index (χ0v) is 10.5. The Morgan fingerprint density at radius 2 is 2.18 bits per heavy atom. The summed E-state index contributed by atoms with van der Waals surface area (Å²) in [6, 6.07) is 1.34. The molecule has 0 unspecified atom stereocenters. The highest BCUT2D eigenvalue weighted by atomic mass is 19.1. The Hall–Kier alpha value is -1.20. The number of aromatic nitrogens is 1. The summed E-state index contributed by atoms with van der Waals surface area (Å²) in [4.78, 5) is 3.88. The second kappa shape index (κ2) is 5.93. The van der Waals surface area contributed by atoms with Crippen LogP contribution in [0.3, 0.4) is 0 Å². The third-order valence-electron chi connectivity index (χ3n) is 2.61. The molecule has 0 fully saturated rings. The fourth-order valence-electron chi connectivity index (χ4n) is 1.24. The molecule has 4 nitrogen and oxygen atoms in total. The molecule has 0 spiro atoms. The van der Waals surface area contributed by atoms with Gasteiger partial charge in [0.25, 0.3) is 0 Å². The van der Waals surface area contributed by atoms with Gasteiger partial charge in [-0.1, -0.05) is 0 Å². The number of pyridine rings is 1. The van der Waals surface area contributed by atoms with E-state index in [2.05, 4.69) is 4.98 Å². The van der Waals surface area contributed by atoms with Crippen molar-refractivity contribution in [2.24, 2.45) is 5.73 Å². The first kappa shape index (κ1) is 13.9. The zero-order chi connectivity index (χ0) is 12.9. The molecule has 5 heteroatoms. The molecular weight excluding hydrogens is 223 g/mol. The van der Waals surface area contributed by atoms with Crippen LogP contribution in [0.25, 0.3) is 0 Å². The summed E-state index contributed by atoms with van der Waals surface area (Å²) in [6.07, 6.45) is 1.84. The fraction of sp³-hybridized carbons (Fsp3) is 0.583. The minimum atomic E-state index is -0.407. The topological polar surface area (TPSA) is 57.4 Å². The van der Waals surface area contributed by atoms with Crippen molar-refractivity contribution in [1.29, 1.82) is 0 Å². The lowest BCUT2D eigenvalue weighted by molar-refractivity contribution is 0.00498. The summed E-state index contributed by atoms with van der Waals surface area (Å²) < 4.78 is 23.7. The summed E-state index contributed by atoms with van der Waals surface area (Å²) in [6.45, 7) is 4.59. The first-order valence-electron chi connectivity index (χ1n) is 5.51. The standard InChI is InChI=1S/C12H19FN2O2/c1-12(2,16-3)4-5-17-11-9(7-14)6-10(13)8-15-11/h6,8H,4-5,7,14H2,1-3H3. The van der Waals surface area contributed by atoms with E-state index in [1.165, 1.54) is 6.07 Å². The van der Waals surface area contributed by atoms with Gasteiger partial charge in [0.1, 0.15) is 5.82 Å². The quantitative estimate of drug-likeness (QED) is 0.827. The predicted octanol–water partition coefficient (Wildman–Crippen LogP) is 1.87. The van der Waals surface area contributed by atoms with Crippen molar-refractivity contribution >= 4 is 0 Å². The number of ether oxygens (including phenoxy) is 2. The molecule has 0 aromatic carbocycles. The van der Waals surface area contributed by atoms with E-state index in [4.69, 9.17) is 15.2 Å². The van der Waals surface area contributed by atoms with Gasteiger partial charge in [0.15, 0.2) is 0 Å². The molecule has 0 aliphatic carbocycles. The maximum Gasteiger partial charge on any atom is 0.218 e. The van der Waals surface area contributed by atoms with E-state index in [9.17, 15) is 4.39 Å². The average Bonchev–Trinajstić information content (AvgIpc) is 2.30. The molecule has 17 heavy (non-hydrogen) atoms. The van der Waals surface area contributed by atoms with E-state index < -0.39 is 5.82 Å². The first-order valence-corrected chi connectivity index (χ1v) is 5.51. The Balaban J connectivity index is 2.57. The van der Waals surface area contributed by atoms with Crippen LogP contribution in [0.15, 0.2) is 12.3 Å². The molecular formula is C12H19FN2O2. The summed E-state index contributed by atoms with van der Waals surface area (Å²) in [5.41, 5.74) is 5.81. The van der Waals surface area contributed by atoms with E-state index in [1.807, 2.05) is 13.8 Å². The molecule has 1 aromatic rings. The Kier molecular flexibility index (Phi) is 4.84. The molecule has 0 radical (unpaired) electrons. The Morgan fingerprint density at radius 3 is 2.76 bits per heavy atom. The third-order valence-corrected chi connectivity index (χ3v) is 2.61. The largest absolute Gasteiger partial charge is 0.477 e. The van der Waals surface area contributed by atoms with Crippen LogP contribution in [0.4, 0.5) is 4.39 Å². The second-order valence-corrected chi connectivity index (χ2v) is 4.38. The van der Waals surface area contributed by atoms with Crippen LogP contribution in [-0.2, 0) is 11.3 Å². The van der Waals surface area contributed by atoms with Gasteiger partial charge in [-0.15, -0.1) is 0 Å². The monoisotopic (exact) mass is 242 g/mol. The molecule has 0 amide bonds. The van der Waals surface area contributed by atoms with Gasteiger partial charge in [0.2, 0.25) is 5.88 Å². The van der Waals surface area contributed by atoms with E-state index in [0.29, 0.717) is 24.5 Å². The predicted molar refractivity (Wildman–Crippen MR) is 63.3 cm³/mol. The van der Waals surface area contributed by atoms with Crippen LogP contribution in [0.5, 0.6) is 5.88 Å². The van der Waals surface area contributed by atoms with Crippen molar-refractivity contribution in [3.63, 3.8) is 0 Å². The molecule has 0 saturated heterocycles. The lowest BCUT2D eigenvalue weighted by atomic mass is 10.1. The van der Waals surface area contributed by atoms with Crippen molar-refractivity contribution in [2.75, 3.05) is 13.7 Å². The smallest absolute Gasteiger partial charge is 0.218 e. The minimum Gasteiger partial charge on any atom is -0.477 e. The number of nitrogens with zero attached hydrogens (tertiary/aromatic N) is 1. The molecule has 2 N–H and O–H groups in total. The van der Waals surface area contributed by atoms with E-state index >= 15 is 0 Å². The second-order valence-electron chi connectivity index (χ2n) is 4.38. The molecule has 0 saturated carbocycles. The van der Waals surface area contributed by atoms with Crippen LogP contribution in [0.1, 0.15) is 25.8 Å². The summed E-state index contributed by atoms with van der Waals surface area (Å²) in [7, 11) is 1.65. The maximum absolute atomic E-state index is 12.9. The number of methoxy groups -OCH3 is 1. The van der Waals surface area contributed by atoms with Gasteiger partial charge in [-0.05, 0) is 19.9 Å². The highest BCUT2D eigenvalue weighted by Gasteiger charge is 2.16. The van der Waals surface area contributed by atoms with Gasteiger partial charge in [-0.3, -0.25) is 0 Å². The van der Waals surface area contributed by atoms with E-state index in [-0.39, 0.29) is 12.1 Å². The number of nitrogens with two attached hydrogens (primary N) is 1. The van der Waals surface area contributed by atoms with Gasteiger partial charge in [-0.25, -0.2) is 9.37 Å². The van der Waals surface area contributed by atoms with Gasteiger partial charge < -0.3 is 15.2 Å². The highest BCUT2D eigenvalue weighted by molar-refractivity contribution is 5.25.